The third-order valence-electron chi connectivity index (χ3n) is 4.53. The van der Waals surface area contributed by atoms with Gasteiger partial charge < -0.3 is 9.88 Å². The molecular weight excluding hydrogens is 298 g/mol. The first-order valence-electron chi connectivity index (χ1n) is 8.21. The number of aromatic nitrogens is 3. The lowest BCUT2D eigenvalue weighted by Gasteiger charge is -2.32. The summed E-state index contributed by atoms with van der Waals surface area (Å²) in [5, 5.41) is 7.58. The van der Waals surface area contributed by atoms with E-state index in [1.165, 1.54) is 0 Å². The maximum atomic E-state index is 11.8. The second-order valence-corrected chi connectivity index (χ2v) is 7.10. The fourth-order valence-corrected chi connectivity index (χ4v) is 3.24. The fraction of sp³-hybridized carbons (Fsp3) is 0.800. The van der Waals surface area contributed by atoms with E-state index in [0.29, 0.717) is 18.0 Å². The Balaban J connectivity index is 1.49. The van der Waals surface area contributed by atoms with Gasteiger partial charge in [-0.1, -0.05) is 0 Å². The molecule has 1 saturated heterocycles. The van der Waals surface area contributed by atoms with E-state index < -0.39 is 0 Å². The van der Waals surface area contributed by atoms with Crippen molar-refractivity contribution in [3.05, 3.63) is 11.1 Å². The van der Waals surface area contributed by atoms with E-state index in [9.17, 15) is 4.79 Å². The fourth-order valence-electron chi connectivity index (χ4n) is 2.87. The summed E-state index contributed by atoms with van der Waals surface area (Å²) in [4.78, 5) is 14.2. The molecule has 1 amide bonds. The first-order chi connectivity index (χ1) is 10.5. The minimum atomic E-state index is 0.261. The molecule has 0 radical (unpaired) electrons. The summed E-state index contributed by atoms with van der Waals surface area (Å²) in [7, 11) is 0. The quantitative estimate of drug-likeness (QED) is 0.842. The zero-order valence-electron chi connectivity index (χ0n) is 13.4. The Labute approximate surface area is 136 Å². The summed E-state index contributed by atoms with van der Waals surface area (Å²) in [6.07, 6.45) is 5.98. The van der Waals surface area contributed by atoms with Gasteiger partial charge in [0.2, 0.25) is 5.91 Å². The van der Waals surface area contributed by atoms with Crippen LogP contribution in [0.3, 0.4) is 0 Å². The molecule has 0 unspecified atom stereocenters. The van der Waals surface area contributed by atoms with Gasteiger partial charge in [0.05, 0.1) is 6.67 Å². The molecule has 22 heavy (non-hydrogen) atoms. The lowest BCUT2D eigenvalue weighted by Crippen LogP contribution is -2.45. The van der Waals surface area contributed by atoms with Gasteiger partial charge in [0, 0.05) is 31.1 Å². The highest BCUT2D eigenvalue weighted by Crippen LogP contribution is 2.29. The summed E-state index contributed by atoms with van der Waals surface area (Å²) < 4.78 is 4.68. The molecule has 1 N–H and O–H groups in total. The average molecular weight is 323 g/mol. The molecule has 2 fully saturated rings. The second kappa shape index (κ2) is 6.50. The van der Waals surface area contributed by atoms with E-state index in [1.807, 2.05) is 15.6 Å². The van der Waals surface area contributed by atoms with Crippen molar-refractivity contribution >= 4 is 18.1 Å². The lowest BCUT2D eigenvalue weighted by atomic mass is 10.1. The Bertz CT molecular complexity index is 581. The predicted molar refractivity (Wildman–Crippen MR) is 86.9 cm³/mol. The monoisotopic (exact) mass is 323 g/mol. The second-order valence-electron chi connectivity index (χ2n) is 6.73. The number of carbonyl (C=O) groups is 1. The van der Waals surface area contributed by atoms with Crippen LogP contribution < -0.4 is 5.32 Å². The maximum absolute atomic E-state index is 11.8. The lowest BCUT2D eigenvalue weighted by molar-refractivity contribution is -0.123. The summed E-state index contributed by atoms with van der Waals surface area (Å²) in [6.45, 7) is 6.91. The van der Waals surface area contributed by atoms with E-state index >= 15 is 0 Å². The minimum absolute atomic E-state index is 0.261. The largest absolute Gasteiger partial charge is 0.353 e. The highest BCUT2D eigenvalue weighted by Gasteiger charge is 2.31. The van der Waals surface area contributed by atoms with Crippen LogP contribution in [0.4, 0.5) is 0 Å². The summed E-state index contributed by atoms with van der Waals surface area (Å²) in [6, 6.07) is 0.676. The highest BCUT2D eigenvalue weighted by atomic mass is 32.1. The van der Waals surface area contributed by atoms with E-state index in [4.69, 9.17) is 12.2 Å². The third kappa shape index (κ3) is 3.57. The van der Waals surface area contributed by atoms with Crippen molar-refractivity contribution in [2.45, 2.75) is 58.3 Å². The number of likely N-dealkylation sites (tertiary alicyclic amines) is 1. The molecule has 1 aromatic rings. The molecule has 2 heterocycles. The van der Waals surface area contributed by atoms with Gasteiger partial charge in [0.15, 0.2) is 4.77 Å². The first-order valence-corrected chi connectivity index (χ1v) is 8.62. The topological polar surface area (TPSA) is 55.1 Å². The van der Waals surface area contributed by atoms with Gasteiger partial charge in [-0.25, -0.2) is 4.68 Å². The number of amides is 1. The Kier molecular flexibility index (Phi) is 4.63. The van der Waals surface area contributed by atoms with Gasteiger partial charge in [-0.05, 0) is 51.7 Å². The van der Waals surface area contributed by atoms with Gasteiger partial charge in [0.1, 0.15) is 6.33 Å². The molecule has 1 aliphatic heterocycles. The standard InChI is InChI=1S/C15H25N5OS/c1-11(2)19-9-16-20(15(19)22)10-18-7-5-13(6-8-18)17-14(21)12-3-4-12/h9,11-13H,3-8,10H2,1-2H3,(H,17,21). The Morgan fingerprint density at radius 3 is 2.59 bits per heavy atom. The molecule has 7 heteroatoms. The molecule has 122 valence electrons. The van der Waals surface area contributed by atoms with Crippen molar-refractivity contribution in [3.63, 3.8) is 0 Å². The van der Waals surface area contributed by atoms with Crippen LogP contribution in [0.1, 0.15) is 45.6 Å². The van der Waals surface area contributed by atoms with Crippen LogP contribution in [-0.2, 0) is 11.5 Å². The van der Waals surface area contributed by atoms with Gasteiger partial charge in [-0.2, -0.15) is 5.10 Å². The number of piperidine rings is 1. The summed E-state index contributed by atoms with van der Waals surface area (Å²) >= 11 is 5.47. The van der Waals surface area contributed by atoms with Crippen molar-refractivity contribution in [1.29, 1.82) is 0 Å². The number of hydrogen-bond donors (Lipinski definition) is 1. The molecule has 0 spiro atoms. The van der Waals surface area contributed by atoms with Crippen molar-refractivity contribution in [1.82, 2.24) is 24.6 Å². The average Bonchev–Trinajstić information content (AvgIpc) is 3.27. The first kappa shape index (κ1) is 15.7. The number of nitrogens with one attached hydrogen (secondary N) is 1. The summed E-state index contributed by atoms with van der Waals surface area (Å²) in [5.74, 6) is 0.563. The van der Waals surface area contributed by atoms with Crippen LogP contribution in [0.2, 0.25) is 0 Å². The molecule has 3 rings (SSSR count). The van der Waals surface area contributed by atoms with Crippen molar-refractivity contribution in [3.8, 4) is 0 Å². The molecule has 0 aromatic carbocycles. The van der Waals surface area contributed by atoms with Crippen LogP contribution >= 0.6 is 12.2 Å². The highest BCUT2D eigenvalue weighted by molar-refractivity contribution is 7.71. The van der Waals surface area contributed by atoms with E-state index in [1.54, 1.807) is 0 Å². The van der Waals surface area contributed by atoms with Gasteiger partial charge in [-0.3, -0.25) is 9.69 Å². The van der Waals surface area contributed by atoms with Gasteiger partial charge >= 0.3 is 0 Å². The van der Waals surface area contributed by atoms with Crippen molar-refractivity contribution in [2.24, 2.45) is 5.92 Å². The maximum Gasteiger partial charge on any atom is 0.223 e. The third-order valence-corrected chi connectivity index (χ3v) is 4.95. The van der Waals surface area contributed by atoms with Crippen LogP contribution in [0.15, 0.2) is 6.33 Å². The molecule has 1 aliphatic carbocycles. The van der Waals surface area contributed by atoms with E-state index in [-0.39, 0.29) is 5.91 Å². The van der Waals surface area contributed by atoms with Crippen LogP contribution in [0, 0.1) is 10.7 Å². The molecule has 1 aromatic heterocycles. The Morgan fingerprint density at radius 1 is 1.36 bits per heavy atom. The van der Waals surface area contributed by atoms with E-state index in [0.717, 1.165) is 50.2 Å². The number of nitrogens with zero attached hydrogens (tertiary/aromatic N) is 4. The zero-order chi connectivity index (χ0) is 15.7. The molecule has 1 saturated carbocycles. The molecular formula is C15H25N5OS. The number of rotatable bonds is 5. The zero-order valence-corrected chi connectivity index (χ0v) is 14.2. The van der Waals surface area contributed by atoms with Crippen molar-refractivity contribution < 1.29 is 4.79 Å². The van der Waals surface area contributed by atoms with E-state index in [2.05, 4.69) is 29.2 Å². The van der Waals surface area contributed by atoms with Crippen LogP contribution in [0.25, 0.3) is 0 Å². The molecule has 2 aliphatic rings. The van der Waals surface area contributed by atoms with Crippen molar-refractivity contribution in [2.75, 3.05) is 13.1 Å². The Hall–Kier alpha value is -1.21. The van der Waals surface area contributed by atoms with Crippen LogP contribution in [-0.4, -0.2) is 44.3 Å². The number of hydrogen-bond acceptors (Lipinski definition) is 4. The summed E-state index contributed by atoms with van der Waals surface area (Å²) in [5.41, 5.74) is 0. The molecule has 0 bridgehead atoms. The van der Waals surface area contributed by atoms with Gasteiger partial charge in [-0.15, -0.1) is 0 Å². The number of carbonyl (C=O) groups excluding carboxylic acids is 1. The smallest absolute Gasteiger partial charge is 0.223 e. The minimum Gasteiger partial charge on any atom is -0.353 e. The SMILES string of the molecule is CC(C)n1cnn(CN2CCC(NC(=O)C3CC3)CC2)c1=S. The Morgan fingerprint density at radius 2 is 2.05 bits per heavy atom. The normalized spacial score (nSPS) is 20.5. The predicted octanol–water partition coefficient (Wildman–Crippen LogP) is 1.94. The van der Waals surface area contributed by atoms with Gasteiger partial charge in [0.25, 0.3) is 0 Å². The molecule has 6 nitrogen and oxygen atoms in total. The molecule has 0 atom stereocenters. The van der Waals surface area contributed by atoms with Crippen LogP contribution in [0.5, 0.6) is 0 Å².